The van der Waals surface area contributed by atoms with Crippen LogP contribution in [0.2, 0.25) is 0 Å². The Bertz CT molecular complexity index is 754. The Morgan fingerprint density at radius 2 is 1.75 bits per heavy atom. The lowest BCUT2D eigenvalue weighted by molar-refractivity contribution is -0.131. The van der Waals surface area contributed by atoms with Crippen LogP contribution in [0.5, 0.6) is 5.75 Å². The lowest BCUT2D eigenvalue weighted by Crippen LogP contribution is -2.57. The molecule has 8 heteroatoms. The second-order valence-electron chi connectivity index (χ2n) is 7.67. The summed E-state index contributed by atoms with van der Waals surface area (Å²) in [7, 11) is 3.07. The number of hydrogen-bond acceptors (Lipinski definition) is 5. The van der Waals surface area contributed by atoms with E-state index >= 15 is 0 Å². The van der Waals surface area contributed by atoms with Gasteiger partial charge in [-0.05, 0) is 43.0 Å². The predicted molar refractivity (Wildman–Crippen MR) is 103 cm³/mol. The number of rotatable bonds is 4. The average Bonchev–Trinajstić information content (AvgIpc) is 2.88. The molecule has 2 aliphatic heterocycles. The highest BCUT2D eigenvalue weighted by Gasteiger charge is 2.58. The maximum absolute atomic E-state index is 13.0. The monoisotopic (exact) mass is 389 g/mol. The standard InChI is InChI=1S/C20H27N3O5/c1-14(2)13-28-19(26)22-11-9-20(10-12-22)17(24)21(3)18(25)23(20)15-5-7-16(27-4)8-6-15/h5-8,14H,9-13H2,1-4H3. The first kappa shape index (κ1) is 20.0. The van der Waals surface area contributed by atoms with Crippen molar-refractivity contribution in [3.63, 3.8) is 0 Å². The summed E-state index contributed by atoms with van der Waals surface area (Å²) >= 11 is 0. The summed E-state index contributed by atoms with van der Waals surface area (Å²) in [5.41, 5.74) is -0.339. The summed E-state index contributed by atoms with van der Waals surface area (Å²) in [6, 6.07) is 6.71. The third kappa shape index (κ3) is 3.39. The van der Waals surface area contributed by atoms with E-state index in [0.29, 0.717) is 44.0 Å². The summed E-state index contributed by atoms with van der Waals surface area (Å²) in [6.07, 6.45) is 0.361. The first-order valence-corrected chi connectivity index (χ1v) is 9.48. The van der Waals surface area contributed by atoms with Crippen LogP contribution >= 0.6 is 0 Å². The number of benzene rings is 1. The molecule has 2 heterocycles. The van der Waals surface area contributed by atoms with Gasteiger partial charge in [-0.25, -0.2) is 9.59 Å². The Kier molecular flexibility index (Phi) is 5.49. The molecule has 0 aromatic heterocycles. The van der Waals surface area contributed by atoms with Gasteiger partial charge >= 0.3 is 12.1 Å². The average molecular weight is 389 g/mol. The van der Waals surface area contributed by atoms with E-state index in [-0.39, 0.29) is 23.9 Å². The van der Waals surface area contributed by atoms with Crippen molar-refractivity contribution in [3.8, 4) is 5.75 Å². The number of likely N-dealkylation sites (N-methyl/N-ethyl adjacent to an activating group) is 1. The van der Waals surface area contributed by atoms with Gasteiger partial charge in [0.05, 0.1) is 13.7 Å². The van der Waals surface area contributed by atoms with Gasteiger partial charge in [0, 0.05) is 25.8 Å². The zero-order valence-corrected chi connectivity index (χ0v) is 16.8. The summed E-state index contributed by atoms with van der Waals surface area (Å²) < 4.78 is 10.5. The minimum absolute atomic E-state index is 0.233. The molecule has 4 amide bonds. The van der Waals surface area contributed by atoms with Crippen LogP contribution in [0, 0.1) is 5.92 Å². The van der Waals surface area contributed by atoms with Gasteiger partial charge in [-0.2, -0.15) is 0 Å². The van der Waals surface area contributed by atoms with E-state index in [1.807, 2.05) is 13.8 Å². The zero-order valence-electron chi connectivity index (χ0n) is 16.8. The molecule has 2 aliphatic rings. The van der Waals surface area contributed by atoms with Crippen molar-refractivity contribution in [2.75, 3.05) is 38.8 Å². The van der Waals surface area contributed by atoms with Gasteiger partial charge in [0.2, 0.25) is 0 Å². The highest BCUT2D eigenvalue weighted by molar-refractivity contribution is 6.16. The van der Waals surface area contributed by atoms with Crippen molar-refractivity contribution in [1.29, 1.82) is 0 Å². The summed E-state index contributed by atoms with van der Waals surface area (Å²) in [4.78, 5) is 42.4. The molecule has 1 aromatic carbocycles. The molecule has 152 valence electrons. The molecule has 0 unspecified atom stereocenters. The third-order valence-electron chi connectivity index (χ3n) is 5.33. The van der Waals surface area contributed by atoms with Gasteiger partial charge < -0.3 is 14.4 Å². The summed E-state index contributed by atoms with van der Waals surface area (Å²) in [5, 5.41) is 0. The SMILES string of the molecule is COc1ccc(N2C(=O)N(C)C(=O)C23CCN(C(=O)OCC(C)C)CC3)cc1. The van der Waals surface area contributed by atoms with Crippen molar-refractivity contribution >= 4 is 23.7 Å². The Hall–Kier alpha value is -2.77. The maximum Gasteiger partial charge on any atom is 0.409 e. The van der Waals surface area contributed by atoms with Crippen LogP contribution in [0.25, 0.3) is 0 Å². The number of nitrogens with zero attached hydrogens (tertiary/aromatic N) is 3. The molecule has 28 heavy (non-hydrogen) atoms. The fourth-order valence-electron chi connectivity index (χ4n) is 3.74. The summed E-state index contributed by atoms with van der Waals surface area (Å²) in [5.74, 6) is 0.698. The normalized spacial score (nSPS) is 19.0. The fraction of sp³-hybridized carbons (Fsp3) is 0.550. The Morgan fingerprint density at radius 1 is 1.14 bits per heavy atom. The van der Waals surface area contributed by atoms with E-state index in [0.717, 1.165) is 4.90 Å². The van der Waals surface area contributed by atoms with Crippen LogP contribution < -0.4 is 9.64 Å². The smallest absolute Gasteiger partial charge is 0.409 e. The van der Waals surface area contributed by atoms with E-state index in [4.69, 9.17) is 9.47 Å². The Balaban J connectivity index is 1.81. The third-order valence-corrected chi connectivity index (χ3v) is 5.33. The number of amides is 4. The lowest BCUT2D eigenvalue weighted by Gasteiger charge is -2.41. The van der Waals surface area contributed by atoms with Crippen molar-refractivity contribution < 1.29 is 23.9 Å². The minimum atomic E-state index is -0.977. The van der Waals surface area contributed by atoms with Gasteiger partial charge in [-0.1, -0.05) is 13.8 Å². The molecule has 0 saturated carbocycles. The maximum atomic E-state index is 13.0. The summed E-state index contributed by atoms with van der Waals surface area (Å²) in [6.45, 7) is 5.03. The second-order valence-corrected chi connectivity index (χ2v) is 7.67. The number of imide groups is 1. The fourth-order valence-corrected chi connectivity index (χ4v) is 3.74. The molecule has 0 bridgehead atoms. The van der Waals surface area contributed by atoms with Gasteiger partial charge in [0.15, 0.2) is 0 Å². The lowest BCUT2D eigenvalue weighted by atomic mass is 9.85. The Morgan fingerprint density at radius 3 is 2.29 bits per heavy atom. The van der Waals surface area contributed by atoms with Crippen LogP contribution in [0.15, 0.2) is 24.3 Å². The first-order valence-electron chi connectivity index (χ1n) is 9.48. The highest BCUT2D eigenvalue weighted by atomic mass is 16.6. The zero-order chi connectivity index (χ0) is 20.5. The second kappa shape index (κ2) is 7.69. The molecule has 0 aliphatic carbocycles. The molecule has 2 fully saturated rings. The van der Waals surface area contributed by atoms with E-state index in [9.17, 15) is 14.4 Å². The van der Waals surface area contributed by atoms with Gasteiger partial charge in [0.25, 0.3) is 5.91 Å². The number of likely N-dealkylation sites (tertiary alicyclic amines) is 1. The first-order chi connectivity index (χ1) is 13.3. The van der Waals surface area contributed by atoms with Crippen LogP contribution in [0.4, 0.5) is 15.3 Å². The molecular weight excluding hydrogens is 362 g/mol. The molecule has 8 nitrogen and oxygen atoms in total. The topological polar surface area (TPSA) is 79.4 Å². The number of hydrogen-bond donors (Lipinski definition) is 0. The van der Waals surface area contributed by atoms with Crippen LogP contribution in [0.3, 0.4) is 0 Å². The highest BCUT2D eigenvalue weighted by Crippen LogP contribution is 2.40. The molecule has 1 aromatic rings. The number of carbonyl (C=O) groups is 3. The molecular formula is C20H27N3O5. The minimum Gasteiger partial charge on any atom is -0.497 e. The molecule has 3 rings (SSSR count). The van der Waals surface area contributed by atoms with Gasteiger partial charge in [0.1, 0.15) is 11.3 Å². The molecule has 0 radical (unpaired) electrons. The predicted octanol–water partition coefficient (Wildman–Crippen LogP) is 2.72. The quantitative estimate of drug-likeness (QED) is 0.740. The van der Waals surface area contributed by atoms with E-state index in [1.54, 1.807) is 41.2 Å². The van der Waals surface area contributed by atoms with E-state index in [1.165, 1.54) is 7.05 Å². The Labute approximate surface area is 165 Å². The molecule has 2 saturated heterocycles. The van der Waals surface area contributed by atoms with Crippen molar-refractivity contribution in [2.45, 2.75) is 32.2 Å². The van der Waals surface area contributed by atoms with Gasteiger partial charge in [-0.3, -0.25) is 14.6 Å². The van der Waals surface area contributed by atoms with Crippen LogP contribution in [-0.4, -0.2) is 67.2 Å². The largest absolute Gasteiger partial charge is 0.497 e. The van der Waals surface area contributed by atoms with Crippen molar-refractivity contribution in [3.05, 3.63) is 24.3 Å². The van der Waals surface area contributed by atoms with Gasteiger partial charge in [-0.15, -0.1) is 0 Å². The number of anilines is 1. The van der Waals surface area contributed by atoms with Crippen LogP contribution in [0.1, 0.15) is 26.7 Å². The van der Waals surface area contributed by atoms with Crippen molar-refractivity contribution in [1.82, 2.24) is 9.80 Å². The number of carbonyl (C=O) groups excluding carboxylic acids is 3. The number of methoxy groups -OCH3 is 1. The molecule has 1 spiro atoms. The number of urea groups is 1. The molecule has 0 atom stereocenters. The number of ether oxygens (including phenoxy) is 2. The van der Waals surface area contributed by atoms with Crippen LogP contribution in [-0.2, 0) is 9.53 Å². The number of piperidine rings is 1. The van der Waals surface area contributed by atoms with E-state index in [2.05, 4.69) is 0 Å². The molecule has 0 N–H and O–H groups in total. The van der Waals surface area contributed by atoms with E-state index < -0.39 is 5.54 Å². The van der Waals surface area contributed by atoms with Crippen molar-refractivity contribution in [2.24, 2.45) is 5.92 Å².